The fraction of sp³-hybridized carbons (Fsp3) is 0.250. The van der Waals surface area contributed by atoms with Crippen LogP contribution in [-0.2, 0) is 7.05 Å². The first-order chi connectivity index (χ1) is 13.5. The number of alkyl halides is 1. The third-order valence-corrected chi connectivity index (χ3v) is 4.70. The average Bonchev–Trinajstić information content (AvgIpc) is 2.71. The van der Waals surface area contributed by atoms with Gasteiger partial charge in [-0.15, -0.1) is 11.6 Å². The fourth-order valence-electron chi connectivity index (χ4n) is 3.08. The lowest BCUT2D eigenvalue weighted by Gasteiger charge is -2.17. The number of fused-ring (bicyclic) bond motifs is 1. The monoisotopic (exact) mass is 402 g/mol. The van der Waals surface area contributed by atoms with Gasteiger partial charge in [-0.05, 0) is 36.8 Å². The molecule has 1 heterocycles. The van der Waals surface area contributed by atoms with Gasteiger partial charge in [0.25, 0.3) is 5.69 Å². The maximum atomic E-state index is 12.9. The van der Waals surface area contributed by atoms with Crippen LogP contribution in [0.25, 0.3) is 22.2 Å². The number of halogens is 1. The zero-order chi connectivity index (χ0) is 20.3. The molecule has 3 aromatic rings. The molecule has 0 amide bonds. The summed E-state index contributed by atoms with van der Waals surface area (Å²) < 4.78 is 12.8. The topological polar surface area (TPSA) is 83.6 Å². The molecule has 0 unspecified atom stereocenters. The SMILES string of the molecule is COc1c(-c2ccc(OCCCCl)cc2)n(C)c2ccc([N+](=O)[O-])cc2c1=O. The summed E-state index contributed by atoms with van der Waals surface area (Å²) in [5.74, 6) is 1.37. The largest absolute Gasteiger partial charge is 0.494 e. The molecular weight excluding hydrogens is 384 g/mol. The van der Waals surface area contributed by atoms with Crippen molar-refractivity contribution in [3.8, 4) is 22.8 Å². The Balaban J connectivity index is 2.13. The number of non-ortho nitro benzene ring substituents is 1. The molecule has 8 heteroatoms. The van der Waals surface area contributed by atoms with Gasteiger partial charge in [-0.25, -0.2) is 0 Å². The second-order valence-electron chi connectivity index (χ2n) is 6.14. The van der Waals surface area contributed by atoms with E-state index in [0.717, 1.165) is 12.0 Å². The number of nitrogens with zero attached hydrogens (tertiary/aromatic N) is 2. The lowest BCUT2D eigenvalue weighted by atomic mass is 10.1. The van der Waals surface area contributed by atoms with Gasteiger partial charge in [-0.3, -0.25) is 14.9 Å². The summed E-state index contributed by atoms with van der Waals surface area (Å²) in [5, 5.41) is 11.3. The maximum Gasteiger partial charge on any atom is 0.270 e. The van der Waals surface area contributed by atoms with Gasteiger partial charge in [0.05, 0.1) is 35.2 Å². The van der Waals surface area contributed by atoms with Crippen molar-refractivity contribution >= 4 is 28.2 Å². The van der Waals surface area contributed by atoms with Crippen molar-refractivity contribution in [2.24, 2.45) is 7.05 Å². The normalized spacial score (nSPS) is 10.8. The van der Waals surface area contributed by atoms with Crippen LogP contribution in [-0.4, -0.2) is 29.1 Å². The van der Waals surface area contributed by atoms with E-state index in [4.69, 9.17) is 21.1 Å². The third-order valence-electron chi connectivity index (χ3n) is 4.43. The Labute approximate surface area is 166 Å². The summed E-state index contributed by atoms with van der Waals surface area (Å²) in [6, 6.07) is 11.5. The number of pyridine rings is 1. The van der Waals surface area contributed by atoms with E-state index in [0.29, 0.717) is 29.4 Å². The van der Waals surface area contributed by atoms with Gasteiger partial charge in [0.1, 0.15) is 5.75 Å². The first-order valence-corrected chi connectivity index (χ1v) is 9.15. The number of aryl methyl sites for hydroxylation is 1. The van der Waals surface area contributed by atoms with E-state index in [1.54, 1.807) is 17.7 Å². The number of nitro groups is 1. The number of benzene rings is 2. The van der Waals surface area contributed by atoms with Crippen molar-refractivity contribution in [2.45, 2.75) is 6.42 Å². The molecule has 2 aromatic carbocycles. The maximum absolute atomic E-state index is 12.9. The predicted molar refractivity (Wildman–Crippen MR) is 109 cm³/mol. The van der Waals surface area contributed by atoms with Gasteiger partial charge in [0.15, 0.2) is 5.75 Å². The second-order valence-corrected chi connectivity index (χ2v) is 6.52. The van der Waals surface area contributed by atoms with E-state index in [2.05, 4.69) is 0 Å². The Morgan fingerprint density at radius 1 is 1.18 bits per heavy atom. The highest BCUT2D eigenvalue weighted by Crippen LogP contribution is 2.32. The van der Waals surface area contributed by atoms with E-state index in [1.165, 1.54) is 19.2 Å². The molecule has 0 spiro atoms. The van der Waals surface area contributed by atoms with Crippen LogP contribution < -0.4 is 14.9 Å². The molecule has 0 saturated carbocycles. The zero-order valence-electron chi connectivity index (χ0n) is 15.5. The molecule has 0 aliphatic rings. The van der Waals surface area contributed by atoms with Crippen LogP contribution in [0.4, 0.5) is 5.69 Å². The van der Waals surface area contributed by atoms with Crippen LogP contribution in [0.5, 0.6) is 11.5 Å². The Hall–Kier alpha value is -3.06. The van der Waals surface area contributed by atoms with Crippen molar-refractivity contribution in [1.29, 1.82) is 0 Å². The number of ether oxygens (including phenoxy) is 2. The highest BCUT2D eigenvalue weighted by molar-refractivity contribution is 6.17. The van der Waals surface area contributed by atoms with Crippen molar-refractivity contribution in [2.75, 3.05) is 19.6 Å². The predicted octanol–water partition coefficient (Wildman–Crippen LogP) is 4.13. The molecule has 28 heavy (non-hydrogen) atoms. The standard InChI is InChI=1S/C20H19ClN2O5/c1-22-17-9-6-14(23(25)26)12-16(17)19(24)20(27-2)18(22)13-4-7-15(8-5-13)28-11-3-10-21/h4-9,12H,3,10-11H2,1-2H3. The molecule has 0 radical (unpaired) electrons. The molecular formula is C20H19ClN2O5. The summed E-state index contributed by atoms with van der Waals surface area (Å²) >= 11 is 5.65. The van der Waals surface area contributed by atoms with E-state index in [1.807, 2.05) is 24.3 Å². The van der Waals surface area contributed by atoms with Crippen molar-refractivity contribution in [3.05, 3.63) is 62.8 Å². The number of methoxy groups -OCH3 is 1. The summed E-state index contributed by atoms with van der Waals surface area (Å²) in [6.07, 6.45) is 0.752. The Morgan fingerprint density at radius 2 is 1.89 bits per heavy atom. The Bertz CT molecular complexity index is 1080. The first-order valence-electron chi connectivity index (χ1n) is 8.62. The summed E-state index contributed by atoms with van der Waals surface area (Å²) in [7, 11) is 3.20. The molecule has 0 saturated heterocycles. The molecule has 0 aliphatic carbocycles. The fourth-order valence-corrected chi connectivity index (χ4v) is 3.19. The van der Waals surface area contributed by atoms with Crippen LogP contribution >= 0.6 is 11.6 Å². The highest BCUT2D eigenvalue weighted by Gasteiger charge is 2.19. The molecule has 0 N–H and O–H groups in total. The molecule has 0 atom stereocenters. The van der Waals surface area contributed by atoms with Gasteiger partial charge in [-0.1, -0.05) is 0 Å². The molecule has 146 valence electrons. The number of aromatic nitrogens is 1. The molecule has 3 rings (SSSR count). The number of hydrogen-bond donors (Lipinski definition) is 0. The third kappa shape index (κ3) is 3.66. The summed E-state index contributed by atoms with van der Waals surface area (Å²) in [4.78, 5) is 23.5. The molecule has 0 fully saturated rings. The minimum absolute atomic E-state index is 0.131. The van der Waals surface area contributed by atoms with Gasteiger partial charge in [0, 0.05) is 30.6 Å². The van der Waals surface area contributed by atoms with Crippen molar-refractivity contribution in [1.82, 2.24) is 4.57 Å². The lowest BCUT2D eigenvalue weighted by molar-refractivity contribution is -0.384. The van der Waals surface area contributed by atoms with Gasteiger partial charge in [-0.2, -0.15) is 0 Å². The Kier molecular flexibility index (Phi) is 5.84. The summed E-state index contributed by atoms with van der Waals surface area (Å²) in [6.45, 7) is 0.527. The second kappa shape index (κ2) is 8.31. The van der Waals surface area contributed by atoms with Crippen LogP contribution in [0.1, 0.15) is 6.42 Å². The van der Waals surface area contributed by atoms with Crippen LogP contribution in [0, 0.1) is 10.1 Å². The number of rotatable bonds is 7. The molecule has 0 bridgehead atoms. The minimum atomic E-state index is -0.526. The minimum Gasteiger partial charge on any atom is -0.494 e. The van der Waals surface area contributed by atoms with Gasteiger partial charge in [0.2, 0.25) is 5.43 Å². The van der Waals surface area contributed by atoms with Crippen LogP contribution in [0.2, 0.25) is 0 Å². The van der Waals surface area contributed by atoms with Crippen molar-refractivity contribution in [3.63, 3.8) is 0 Å². The average molecular weight is 403 g/mol. The molecule has 1 aromatic heterocycles. The molecule has 7 nitrogen and oxygen atoms in total. The van der Waals surface area contributed by atoms with E-state index >= 15 is 0 Å². The van der Waals surface area contributed by atoms with Gasteiger partial charge < -0.3 is 14.0 Å². The van der Waals surface area contributed by atoms with Crippen molar-refractivity contribution < 1.29 is 14.4 Å². The van der Waals surface area contributed by atoms with E-state index in [9.17, 15) is 14.9 Å². The number of hydrogen-bond acceptors (Lipinski definition) is 5. The number of nitro benzene ring substituents is 1. The van der Waals surface area contributed by atoms with E-state index < -0.39 is 10.4 Å². The lowest BCUT2D eigenvalue weighted by Crippen LogP contribution is -2.14. The highest BCUT2D eigenvalue weighted by atomic mass is 35.5. The molecule has 0 aliphatic heterocycles. The first kappa shape index (κ1) is 19.7. The zero-order valence-corrected chi connectivity index (χ0v) is 16.2. The van der Waals surface area contributed by atoms with Gasteiger partial charge >= 0.3 is 0 Å². The van der Waals surface area contributed by atoms with Crippen LogP contribution in [0.15, 0.2) is 47.3 Å². The smallest absolute Gasteiger partial charge is 0.270 e. The Morgan fingerprint density at radius 3 is 2.50 bits per heavy atom. The quantitative estimate of drug-likeness (QED) is 0.257. The van der Waals surface area contributed by atoms with E-state index in [-0.39, 0.29) is 16.8 Å². The van der Waals surface area contributed by atoms with Crippen LogP contribution in [0.3, 0.4) is 0 Å². The summed E-state index contributed by atoms with van der Waals surface area (Å²) in [5.41, 5.74) is 1.39.